The third-order valence-electron chi connectivity index (χ3n) is 3.40. The molecule has 1 fully saturated rings. The summed E-state index contributed by atoms with van der Waals surface area (Å²) in [5.74, 6) is 0.121. The third kappa shape index (κ3) is 3.90. The van der Waals surface area contributed by atoms with Crippen LogP contribution in [-0.2, 0) is 0 Å². The molecule has 1 aromatic carbocycles. The molecule has 0 atom stereocenters. The largest absolute Gasteiger partial charge is 0.395 e. The lowest BCUT2D eigenvalue weighted by Crippen LogP contribution is -2.36. The molecule has 0 aliphatic carbocycles. The number of hydrogen-bond donors (Lipinski definition) is 1. The van der Waals surface area contributed by atoms with Crippen molar-refractivity contribution in [2.45, 2.75) is 6.42 Å². The fourth-order valence-corrected chi connectivity index (χ4v) is 2.96. The lowest BCUT2D eigenvalue weighted by atomic mass is 10.2. The monoisotopic (exact) mass is 374 g/mol. The van der Waals surface area contributed by atoms with Crippen LogP contribution in [0.15, 0.2) is 24.3 Å². The lowest BCUT2D eigenvalue weighted by Gasteiger charge is -2.22. The summed E-state index contributed by atoms with van der Waals surface area (Å²) in [6.07, 6.45) is 0.967. The number of amides is 1. The van der Waals surface area contributed by atoms with Gasteiger partial charge in [-0.2, -0.15) is 0 Å². The summed E-state index contributed by atoms with van der Waals surface area (Å²) in [5.41, 5.74) is 0.790. The first-order chi connectivity index (χ1) is 9.22. The normalized spacial score (nSPS) is 17.3. The zero-order valence-corrected chi connectivity index (χ0v) is 13.0. The quantitative estimate of drug-likeness (QED) is 0.815. The van der Waals surface area contributed by atoms with Crippen molar-refractivity contribution in [3.63, 3.8) is 0 Å². The third-order valence-corrected chi connectivity index (χ3v) is 4.34. The molecule has 1 aliphatic rings. The smallest absolute Gasteiger partial charge is 0.254 e. The van der Waals surface area contributed by atoms with Crippen molar-refractivity contribution in [1.82, 2.24) is 9.80 Å². The molecule has 0 bridgehead atoms. The summed E-state index contributed by atoms with van der Waals surface area (Å²) >= 11 is 2.21. The fourth-order valence-electron chi connectivity index (χ4n) is 2.34. The minimum Gasteiger partial charge on any atom is -0.395 e. The van der Waals surface area contributed by atoms with Gasteiger partial charge in [0.15, 0.2) is 0 Å². The van der Waals surface area contributed by atoms with Crippen molar-refractivity contribution in [2.75, 3.05) is 39.3 Å². The highest BCUT2D eigenvalue weighted by Gasteiger charge is 2.21. The Kier molecular flexibility index (Phi) is 5.59. The molecule has 0 radical (unpaired) electrons. The Morgan fingerprint density at radius 1 is 1.21 bits per heavy atom. The molecular weight excluding hydrogens is 355 g/mol. The first kappa shape index (κ1) is 14.7. The Labute approximate surface area is 127 Å². The van der Waals surface area contributed by atoms with Gasteiger partial charge in [0.2, 0.25) is 0 Å². The van der Waals surface area contributed by atoms with Crippen LogP contribution in [0.4, 0.5) is 0 Å². The van der Waals surface area contributed by atoms with Gasteiger partial charge in [-0.1, -0.05) is 12.1 Å². The van der Waals surface area contributed by atoms with Gasteiger partial charge in [0.25, 0.3) is 5.91 Å². The molecular formula is C14H19IN2O2. The van der Waals surface area contributed by atoms with E-state index in [0.29, 0.717) is 6.54 Å². The van der Waals surface area contributed by atoms with E-state index in [1.165, 1.54) is 0 Å². The Morgan fingerprint density at radius 3 is 2.74 bits per heavy atom. The molecule has 4 nitrogen and oxygen atoms in total. The number of aliphatic hydroxyl groups is 1. The second-order valence-electron chi connectivity index (χ2n) is 4.69. The highest BCUT2D eigenvalue weighted by Crippen LogP contribution is 2.15. The van der Waals surface area contributed by atoms with Gasteiger partial charge >= 0.3 is 0 Å². The summed E-state index contributed by atoms with van der Waals surface area (Å²) < 4.78 is 1.00. The molecule has 0 aromatic heterocycles. The molecule has 0 saturated carbocycles. The van der Waals surface area contributed by atoms with Crippen LogP contribution in [0.1, 0.15) is 16.8 Å². The van der Waals surface area contributed by atoms with Gasteiger partial charge in [-0.25, -0.2) is 0 Å². The number of nitrogens with zero attached hydrogens (tertiary/aromatic N) is 2. The van der Waals surface area contributed by atoms with E-state index in [2.05, 4.69) is 27.5 Å². The van der Waals surface area contributed by atoms with Crippen molar-refractivity contribution in [1.29, 1.82) is 0 Å². The van der Waals surface area contributed by atoms with Crippen molar-refractivity contribution in [2.24, 2.45) is 0 Å². The molecule has 1 saturated heterocycles. The molecule has 2 rings (SSSR count). The zero-order chi connectivity index (χ0) is 13.7. The average molecular weight is 374 g/mol. The SMILES string of the molecule is O=C(c1ccccc1I)N1CCCN(CCO)CC1. The first-order valence-corrected chi connectivity index (χ1v) is 7.67. The number of halogens is 1. The van der Waals surface area contributed by atoms with Crippen molar-refractivity contribution < 1.29 is 9.90 Å². The second-order valence-corrected chi connectivity index (χ2v) is 5.85. The second kappa shape index (κ2) is 7.21. The van der Waals surface area contributed by atoms with Crippen LogP contribution in [0.5, 0.6) is 0 Å². The molecule has 1 heterocycles. The minimum absolute atomic E-state index is 0.121. The van der Waals surface area contributed by atoms with E-state index in [1.807, 2.05) is 29.2 Å². The fraction of sp³-hybridized carbons (Fsp3) is 0.500. The zero-order valence-electron chi connectivity index (χ0n) is 10.9. The van der Waals surface area contributed by atoms with Crippen LogP contribution in [-0.4, -0.2) is 60.1 Å². The molecule has 1 aliphatic heterocycles. The summed E-state index contributed by atoms with van der Waals surface area (Å²) in [6, 6.07) is 7.71. The van der Waals surface area contributed by atoms with Gasteiger partial charge < -0.3 is 10.0 Å². The van der Waals surface area contributed by atoms with E-state index in [1.54, 1.807) is 0 Å². The Bertz CT molecular complexity index is 439. The number of aliphatic hydroxyl groups excluding tert-OH is 1. The van der Waals surface area contributed by atoms with Crippen LogP contribution in [0.25, 0.3) is 0 Å². The lowest BCUT2D eigenvalue weighted by molar-refractivity contribution is 0.0759. The van der Waals surface area contributed by atoms with E-state index in [4.69, 9.17) is 5.11 Å². The van der Waals surface area contributed by atoms with Crippen LogP contribution in [0.2, 0.25) is 0 Å². The van der Waals surface area contributed by atoms with Gasteiger partial charge in [-0.15, -0.1) is 0 Å². The summed E-state index contributed by atoms with van der Waals surface area (Å²) in [4.78, 5) is 16.6. The summed E-state index contributed by atoms with van der Waals surface area (Å²) in [5, 5.41) is 8.98. The molecule has 1 N–H and O–H groups in total. The molecule has 0 unspecified atom stereocenters. The maximum atomic E-state index is 12.5. The standard InChI is InChI=1S/C14H19IN2O2/c15-13-5-2-1-4-12(13)14(19)17-7-3-6-16(8-9-17)10-11-18/h1-2,4-5,18H,3,6-11H2. The van der Waals surface area contributed by atoms with Gasteiger partial charge in [0.05, 0.1) is 12.2 Å². The van der Waals surface area contributed by atoms with Crippen LogP contribution >= 0.6 is 22.6 Å². The minimum atomic E-state index is 0.121. The summed E-state index contributed by atoms with van der Waals surface area (Å²) in [6.45, 7) is 4.22. The van der Waals surface area contributed by atoms with Crippen molar-refractivity contribution in [3.8, 4) is 0 Å². The molecule has 19 heavy (non-hydrogen) atoms. The predicted octanol–water partition coefficient (Wildman–Crippen LogP) is 1.43. The molecule has 104 valence electrons. The van der Waals surface area contributed by atoms with E-state index in [-0.39, 0.29) is 12.5 Å². The van der Waals surface area contributed by atoms with Crippen molar-refractivity contribution in [3.05, 3.63) is 33.4 Å². The van der Waals surface area contributed by atoms with Gasteiger partial charge in [-0.05, 0) is 47.7 Å². The Morgan fingerprint density at radius 2 is 2.00 bits per heavy atom. The van der Waals surface area contributed by atoms with E-state index in [0.717, 1.165) is 41.7 Å². The number of hydrogen-bond acceptors (Lipinski definition) is 3. The van der Waals surface area contributed by atoms with Crippen molar-refractivity contribution >= 4 is 28.5 Å². The number of benzene rings is 1. The van der Waals surface area contributed by atoms with E-state index < -0.39 is 0 Å². The average Bonchev–Trinajstić information content (AvgIpc) is 2.65. The first-order valence-electron chi connectivity index (χ1n) is 6.59. The van der Waals surface area contributed by atoms with Crippen LogP contribution in [0.3, 0.4) is 0 Å². The van der Waals surface area contributed by atoms with Crippen LogP contribution in [0, 0.1) is 3.57 Å². The molecule has 1 amide bonds. The van der Waals surface area contributed by atoms with E-state index in [9.17, 15) is 4.79 Å². The maximum Gasteiger partial charge on any atom is 0.254 e. The molecule has 1 aromatic rings. The highest BCUT2D eigenvalue weighted by molar-refractivity contribution is 14.1. The molecule has 0 spiro atoms. The van der Waals surface area contributed by atoms with Gasteiger partial charge in [0.1, 0.15) is 0 Å². The number of carbonyl (C=O) groups is 1. The Balaban J connectivity index is 2.02. The van der Waals surface area contributed by atoms with Gasteiger partial charge in [-0.3, -0.25) is 9.69 Å². The maximum absolute atomic E-state index is 12.5. The van der Waals surface area contributed by atoms with Crippen LogP contribution < -0.4 is 0 Å². The number of carbonyl (C=O) groups excluding carboxylic acids is 1. The van der Waals surface area contributed by atoms with Gasteiger partial charge in [0, 0.05) is 29.7 Å². The predicted molar refractivity (Wildman–Crippen MR) is 83.2 cm³/mol. The number of β-amino-alcohol motifs (C(OH)–C–C–N with tert-alkyl or cyclic N) is 1. The topological polar surface area (TPSA) is 43.8 Å². The number of rotatable bonds is 3. The van der Waals surface area contributed by atoms with E-state index >= 15 is 0 Å². The summed E-state index contributed by atoms with van der Waals surface area (Å²) in [7, 11) is 0. The Hall–Kier alpha value is -0.660. The highest BCUT2D eigenvalue weighted by atomic mass is 127. The molecule has 5 heteroatoms.